The predicted octanol–water partition coefficient (Wildman–Crippen LogP) is 2.69. The van der Waals surface area contributed by atoms with Gasteiger partial charge >= 0.3 is 0 Å². The topological polar surface area (TPSA) is 43.4 Å². The number of aromatic nitrogens is 1. The Morgan fingerprint density at radius 1 is 1.19 bits per heavy atom. The molecular weight excluding hydrogens is 271 g/mol. The molecule has 4 nitrogen and oxygen atoms in total. The number of pyridine rings is 1. The van der Waals surface area contributed by atoms with E-state index in [9.17, 15) is 4.39 Å². The summed E-state index contributed by atoms with van der Waals surface area (Å²) in [4.78, 5) is 4.15. The molecule has 0 saturated carbocycles. The standard InChI is InChI=1S/C16H17FN2O2/c1-18-15(16-12(17)4-2-7-19-16)11-5-6-13-14(10-11)21-9-3-8-20-13/h2,4-7,10,15,18H,3,8-9H2,1H3. The molecule has 1 N–H and O–H groups in total. The normalized spacial score (nSPS) is 15.3. The van der Waals surface area contributed by atoms with E-state index in [1.54, 1.807) is 19.3 Å². The van der Waals surface area contributed by atoms with Crippen LogP contribution in [-0.2, 0) is 0 Å². The monoisotopic (exact) mass is 288 g/mol. The first kappa shape index (κ1) is 13.8. The average Bonchev–Trinajstić information content (AvgIpc) is 2.75. The molecule has 2 heterocycles. The van der Waals surface area contributed by atoms with Gasteiger partial charge in [-0.2, -0.15) is 0 Å². The lowest BCUT2D eigenvalue weighted by molar-refractivity contribution is 0.297. The molecule has 0 fully saturated rings. The number of hydrogen-bond donors (Lipinski definition) is 1. The molecule has 0 bridgehead atoms. The van der Waals surface area contributed by atoms with Crippen LogP contribution < -0.4 is 14.8 Å². The van der Waals surface area contributed by atoms with Crippen molar-refractivity contribution in [3.8, 4) is 11.5 Å². The molecule has 1 aromatic heterocycles. The lowest BCUT2D eigenvalue weighted by Crippen LogP contribution is -2.20. The molecule has 3 rings (SSSR count). The quantitative estimate of drug-likeness (QED) is 0.943. The van der Waals surface area contributed by atoms with E-state index in [-0.39, 0.29) is 11.9 Å². The molecule has 0 amide bonds. The summed E-state index contributed by atoms with van der Waals surface area (Å²) in [6.45, 7) is 1.27. The van der Waals surface area contributed by atoms with E-state index in [4.69, 9.17) is 9.47 Å². The predicted molar refractivity (Wildman–Crippen MR) is 77.1 cm³/mol. The number of nitrogens with zero attached hydrogens (tertiary/aromatic N) is 1. The van der Waals surface area contributed by atoms with Crippen LogP contribution in [0.4, 0.5) is 4.39 Å². The van der Waals surface area contributed by atoms with Crippen molar-refractivity contribution in [1.82, 2.24) is 10.3 Å². The summed E-state index contributed by atoms with van der Waals surface area (Å²) in [7, 11) is 1.78. The van der Waals surface area contributed by atoms with Gasteiger partial charge in [-0.05, 0) is 36.9 Å². The highest BCUT2D eigenvalue weighted by Gasteiger charge is 2.20. The summed E-state index contributed by atoms with van der Waals surface area (Å²) in [5, 5.41) is 3.10. The fourth-order valence-electron chi connectivity index (χ4n) is 2.43. The Morgan fingerprint density at radius 3 is 2.76 bits per heavy atom. The molecule has 21 heavy (non-hydrogen) atoms. The van der Waals surface area contributed by atoms with Crippen LogP contribution in [-0.4, -0.2) is 25.2 Å². The summed E-state index contributed by atoms with van der Waals surface area (Å²) in [6, 6.07) is 8.32. The summed E-state index contributed by atoms with van der Waals surface area (Å²) in [5.74, 6) is 1.10. The Bertz CT molecular complexity index is 633. The Morgan fingerprint density at radius 2 is 2.00 bits per heavy atom. The highest BCUT2D eigenvalue weighted by molar-refractivity contribution is 5.45. The zero-order valence-electron chi connectivity index (χ0n) is 11.8. The van der Waals surface area contributed by atoms with Gasteiger partial charge in [-0.25, -0.2) is 4.39 Å². The first-order valence-corrected chi connectivity index (χ1v) is 6.97. The molecule has 110 valence electrons. The molecule has 1 aliphatic rings. The van der Waals surface area contributed by atoms with Crippen LogP contribution >= 0.6 is 0 Å². The maximum atomic E-state index is 14.0. The molecular formula is C16H17FN2O2. The molecule has 0 radical (unpaired) electrons. The van der Waals surface area contributed by atoms with E-state index in [1.165, 1.54) is 6.07 Å². The summed E-state index contributed by atoms with van der Waals surface area (Å²) in [6.07, 6.45) is 2.44. The molecule has 5 heteroatoms. The highest BCUT2D eigenvalue weighted by atomic mass is 19.1. The zero-order valence-corrected chi connectivity index (χ0v) is 11.8. The van der Waals surface area contributed by atoms with Gasteiger partial charge in [0.2, 0.25) is 0 Å². The fraction of sp³-hybridized carbons (Fsp3) is 0.312. The van der Waals surface area contributed by atoms with E-state index in [0.29, 0.717) is 24.7 Å². The second-order valence-electron chi connectivity index (χ2n) is 4.85. The van der Waals surface area contributed by atoms with Gasteiger partial charge in [0.15, 0.2) is 11.5 Å². The summed E-state index contributed by atoms with van der Waals surface area (Å²) < 4.78 is 25.3. The molecule has 1 atom stereocenters. The SMILES string of the molecule is CNC(c1ccc2c(c1)OCCCO2)c1ncccc1F. The largest absolute Gasteiger partial charge is 0.490 e. The molecule has 0 aliphatic carbocycles. The first-order valence-electron chi connectivity index (χ1n) is 6.97. The third kappa shape index (κ3) is 2.83. The van der Waals surface area contributed by atoms with Gasteiger partial charge < -0.3 is 14.8 Å². The Hall–Kier alpha value is -2.14. The van der Waals surface area contributed by atoms with E-state index < -0.39 is 0 Å². The van der Waals surface area contributed by atoms with Gasteiger partial charge in [-0.15, -0.1) is 0 Å². The van der Waals surface area contributed by atoms with Crippen LogP contribution in [0.3, 0.4) is 0 Å². The molecule has 0 saturated heterocycles. The number of nitrogens with one attached hydrogen (secondary N) is 1. The lowest BCUT2D eigenvalue weighted by atomic mass is 10.0. The Labute approximate surface area is 122 Å². The molecule has 2 aromatic rings. The maximum Gasteiger partial charge on any atom is 0.161 e. The van der Waals surface area contributed by atoms with Crippen molar-refractivity contribution in [2.45, 2.75) is 12.5 Å². The minimum atomic E-state index is -0.330. The van der Waals surface area contributed by atoms with Gasteiger partial charge in [0, 0.05) is 12.6 Å². The Kier molecular flexibility index (Phi) is 4.01. The van der Waals surface area contributed by atoms with Crippen molar-refractivity contribution in [2.75, 3.05) is 20.3 Å². The number of fused-ring (bicyclic) bond motifs is 1. The number of benzene rings is 1. The van der Waals surface area contributed by atoms with E-state index in [0.717, 1.165) is 17.7 Å². The van der Waals surface area contributed by atoms with Gasteiger partial charge in [-0.1, -0.05) is 6.07 Å². The fourth-order valence-corrected chi connectivity index (χ4v) is 2.43. The van der Waals surface area contributed by atoms with E-state index >= 15 is 0 Å². The minimum Gasteiger partial charge on any atom is -0.490 e. The number of hydrogen-bond acceptors (Lipinski definition) is 4. The second kappa shape index (κ2) is 6.10. The average molecular weight is 288 g/mol. The second-order valence-corrected chi connectivity index (χ2v) is 4.85. The minimum absolute atomic E-state index is 0.330. The van der Waals surface area contributed by atoms with Gasteiger partial charge in [-0.3, -0.25) is 4.98 Å². The molecule has 1 aliphatic heterocycles. The first-order chi connectivity index (χ1) is 10.3. The third-order valence-corrected chi connectivity index (χ3v) is 3.45. The third-order valence-electron chi connectivity index (χ3n) is 3.45. The van der Waals surface area contributed by atoms with Crippen LogP contribution in [0, 0.1) is 5.82 Å². The maximum absolute atomic E-state index is 14.0. The van der Waals surface area contributed by atoms with Crippen molar-refractivity contribution in [2.24, 2.45) is 0 Å². The molecule has 0 spiro atoms. The van der Waals surface area contributed by atoms with Crippen LogP contribution in [0.25, 0.3) is 0 Å². The van der Waals surface area contributed by atoms with Crippen molar-refractivity contribution in [3.05, 3.63) is 53.6 Å². The van der Waals surface area contributed by atoms with Crippen molar-refractivity contribution in [3.63, 3.8) is 0 Å². The highest BCUT2D eigenvalue weighted by Crippen LogP contribution is 2.33. The van der Waals surface area contributed by atoms with Crippen LogP contribution in [0.5, 0.6) is 11.5 Å². The van der Waals surface area contributed by atoms with E-state index in [2.05, 4.69) is 10.3 Å². The number of rotatable bonds is 3. The lowest BCUT2D eigenvalue weighted by Gasteiger charge is -2.18. The van der Waals surface area contributed by atoms with Crippen LogP contribution in [0.1, 0.15) is 23.7 Å². The van der Waals surface area contributed by atoms with Crippen LogP contribution in [0.15, 0.2) is 36.5 Å². The van der Waals surface area contributed by atoms with Crippen molar-refractivity contribution < 1.29 is 13.9 Å². The van der Waals surface area contributed by atoms with Gasteiger partial charge in [0.25, 0.3) is 0 Å². The number of halogens is 1. The van der Waals surface area contributed by atoms with Gasteiger partial charge in [0.1, 0.15) is 5.82 Å². The smallest absolute Gasteiger partial charge is 0.161 e. The Balaban J connectivity index is 1.98. The van der Waals surface area contributed by atoms with Crippen LogP contribution in [0.2, 0.25) is 0 Å². The van der Waals surface area contributed by atoms with Crippen molar-refractivity contribution >= 4 is 0 Å². The zero-order chi connectivity index (χ0) is 14.7. The van der Waals surface area contributed by atoms with Gasteiger partial charge in [0.05, 0.1) is 24.9 Å². The summed E-state index contributed by atoms with van der Waals surface area (Å²) >= 11 is 0. The number of ether oxygens (including phenoxy) is 2. The van der Waals surface area contributed by atoms with E-state index in [1.807, 2.05) is 18.2 Å². The molecule has 1 aromatic carbocycles. The molecule has 1 unspecified atom stereocenters. The summed E-state index contributed by atoms with van der Waals surface area (Å²) in [5.41, 5.74) is 1.26. The van der Waals surface area contributed by atoms with Crippen molar-refractivity contribution in [1.29, 1.82) is 0 Å².